The van der Waals surface area contributed by atoms with E-state index in [1.807, 2.05) is 6.92 Å². The molecule has 3 nitrogen and oxygen atoms in total. The maximum absolute atomic E-state index is 11.3. The number of benzene rings is 1. The monoisotopic (exact) mass is 225 g/mol. The number of ketones is 1. The number of rotatable bonds is 5. The van der Waals surface area contributed by atoms with Gasteiger partial charge in [0.15, 0.2) is 5.78 Å². The number of hydrogen-bond donors (Lipinski definition) is 1. The Labute approximate surface area is 93.4 Å². The summed E-state index contributed by atoms with van der Waals surface area (Å²) >= 11 is 5.46. The second kappa shape index (κ2) is 5.51. The summed E-state index contributed by atoms with van der Waals surface area (Å²) in [6.45, 7) is 1.96. The molecule has 0 aromatic heterocycles. The smallest absolute Gasteiger partial charge is 0.211 e. The van der Waals surface area contributed by atoms with Crippen LogP contribution >= 0.6 is 11.6 Å². The molecule has 0 saturated heterocycles. The van der Waals surface area contributed by atoms with E-state index in [1.54, 1.807) is 18.2 Å². The van der Waals surface area contributed by atoms with Crippen molar-refractivity contribution in [2.24, 2.45) is 0 Å². The third-order valence-corrected chi connectivity index (χ3v) is 2.39. The first-order valence-electron chi connectivity index (χ1n) is 4.65. The van der Waals surface area contributed by atoms with Crippen LogP contribution < -0.4 is 5.32 Å². The molecule has 1 aromatic rings. The van der Waals surface area contributed by atoms with E-state index in [9.17, 15) is 9.59 Å². The Kier molecular flexibility index (Phi) is 4.31. The Balaban J connectivity index is 3.06. The lowest BCUT2D eigenvalue weighted by Gasteiger charge is -2.07. The summed E-state index contributed by atoms with van der Waals surface area (Å²) in [5.41, 5.74) is 2.25. The van der Waals surface area contributed by atoms with E-state index >= 15 is 0 Å². The standard InChI is InChI=1S/C11H12ClNO2/c1-2-8-5-9(11(15)6-12)3-4-10(8)13-7-14/h3-5,7H,2,6H2,1H3,(H,13,14). The average Bonchev–Trinajstić information content (AvgIpc) is 2.29. The molecule has 0 unspecified atom stereocenters. The minimum absolute atomic E-state index is 0.0242. The Bertz CT molecular complexity index is 377. The molecule has 0 heterocycles. The van der Waals surface area contributed by atoms with E-state index in [4.69, 9.17) is 11.6 Å². The van der Waals surface area contributed by atoms with Crippen molar-refractivity contribution in [2.45, 2.75) is 13.3 Å². The van der Waals surface area contributed by atoms with Crippen molar-refractivity contribution >= 4 is 29.5 Å². The highest BCUT2D eigenvalue weighted by atomic mass is 35.5. The molecule has 0 fully saturated rings. The van der Waals surface area contributed by atoms with Crippen molar-refractivity contribution in [3.05, 3.63) is 29.3 Å². The van der Waals surface area contributed by atoms with Gasteiger partial charge in [-0.15, -0.1) is 11.6 Å². The first-order chi connectivity index (χ1) is 7.22. The van der Waals surface area contributed by atoms with Gasteiger partial charge in [0.05, 0.1) is 5.88 Å². The van der Waals surface area contributed by atoms with Gasteiger partial charge in [-0.1, -0.05) is 6.92 Å². The van der Waals surface area contributed by atoms with Crippen LogP contribution in [0.4, 0.5) is 5.69 Å². The van der Waals surface area contributed by atoms with Gasteiger partial charge in [-0.3, -0.25) is 9.59 Å². The average molecular weight is 226 g/mol. The van der Waals surface area contributed by atoms with Crippen LogP contribution in [0.1, 0.15) is 22.8 Å². The van der Waals surface area contributed by atoms with Gasteiger partial charge in [-0.05, 0) is 30.2 Å². The number of alkyl halides is 1. The maximum Gasteiger partial charge on any atom is 0.211 e. The zero-order chi connectivity index (χ0) is 11.3. The van der Waals surface area contributed by atoms with Gasteiger partial charge in [-0.25, -0.2) is 0 Å². The van der Waals surface area contributed by atoms with E-state index in [0.29, 0.717) is 12.0 Å². The Morgan fingerprint density at radius 1 is 1.53 bits per heavy atom. The van der Waals surface area contributed by atoms with Gasteiger partial charge in [0.2, 0.25) is 6.41 Å². The number of aryl methyl sites for hydroxylation is 1. The van der Waals surface area contributed by atoms with Crippen LogP contribution in [-0.2, 0) is 11.2 Å². The molecule has 0 aliphatic heterocycles. The third kappa shape index (κ3) is 2.80. The summed E-state index contributed by atoms with van der Waals surface area (Å²) in [6.07, 6.45) is 1.37. The van der Waals surface area contributed by atoms with Crippen molar-refractivity contribution < 1.29 is 9.59 Å². The van der Waals surface area contributed by atoms with Gasteiger partial charge in [0.25, 0.3) is 0 Å². The largest absolute Gasteiger partial charge is 0.328 e. The molecule has 1 aromatic carbocycles. The lowest BCUT2D eigenvalue weighted by molar-refractivity contribution is -0.105. The molecule has 4 heteroatoms. The topological polar surface area (TPSA) is 46.2 Å². The van der Waals surface area contributed by atoms with Gasteiger partial charge in [0.1, 0.15) is 0 Å². The Morgan fingerprint density at radius 3 is 2.80 bits per heavy atom. The molecule has 0 atom stereocenters. The van der Waals surface area contributed by atoms with Crippen LogP contribution in [0.2, 0.25) is 0 Å². The van der Waals surface area contributed by atoms with Crippen molar-refractivity contribution in [3.8, 4) is 0 Å². The van der Waals surface area contributed by atoms with Gasteiger partial charge < -0.3 is 5.32 Å². The molecular weight excluding hydrogens is 214 g/mol. The minimum Gasteiger partial charge on any atom is -0.328 e. The van der Waals surface area contributed by atoms with E-state index in [1.165, 1.54) is 0 Å². The zero-order valence-electron chi connectivity index (χ0n) is 8.42. The SMILES string of the molecule is CCc1cc(C(=O)CCl)ccc1NC=O. The van der Waals surface area contributed by atoms with Crippen LogP contribution in [0.15, 0.2) is 18.2 Å². The molecule has 0 saturated carbocycles. The summed E-state index contributed by atoms with van der Waals surface area (Å²) in [5, 5.41) is 2.59. The van der Waals surface area contributed by atoms with Crippen LogP contribution in [0.5, 0.6) is 0 Å². The zero-order valence-corrected chi connectivity index (χ0v) is 9.17. The fourth-order valence-electron chi connectivity index (χ4n) is 1.34. The highest BCUT2D eigenvalue weighted by Crippen LogP contribution is 2.18. The van der Waals surface area contributed by atoms with Crippen molar-refractivity contribution in [2.75, 3.05) is 11.2 Å². The van der Waals surface area contributed by atoms with Crippen LogP contribution in [0, 0.1) is 0 Å². The lowest BCUT2D eigenvalue weighted by atomic mass is 10.0. The molecule has 0 bridgehead atoms. The normalized spacial score (nSPS) is 9.73. The number of carbonyl (C=O) groups excluding carboxylic acids is 2. The molecule has 0 aliphatic carbocycles. The third-order valence-electron chi connectivity index (χ3n) is 2.14. The maximum atomic E-state index is 11.3. The van der Waals surface area contributed by atoms with Crippen LogP contribution in [0.25, 0.3) is 0 Å². The van der Waals surface area contributed by atoms with Crippen molar-refractivity contribution in [1.82, 2.24) is 0 Å². The van der Waals surface area contributed by atoms with Crippen molar-refractivity contribution in [1.29, 1.82) is 0 Å². The number of nitrogens with one attached hydrogen (secondary N) is 1. The van der Waals surface area contributed by atoms with E-state index < -0.39 is 0 Å². The number of halogens is 1. The fraction of sp³-hybridized carbons (Fsp3) is 0.273. The highest BCUT2D eigenvalue weighted by Gasteiger charge is 2.07. The molecule has 15 heavy (non-hydrogen) atoms. The predicted octanol–water partition coefficient (Wildman–Crippen LogP) is 2.24. The number of hydrogen-bond acceptors (Lipinski definition) is 2. The molecule has 1 N–H and O–H groups in total. The molecular formula is C11H12ClNO2. The number of anilines is 1. The minimum atomic E-state index is -0.107. The summed E-state index contributed by atoms with van der Waals surface area (Å²) in [6, 6.07) is 5.14. The second-order valence-corrected chi connectivity index (χ2v) is 3.31. The van der Waals surface area contributed by atoms with E-state index in [2.05, 4.69) is 5.32 Å². The van der Waals surface area contributed by atoms with Gasteiger partial charge in [-0.2, -0.15) is 0 Å². The number of amides is 1. The van der Waals surface area contributed by atoms with Crippen LogP contribution in [-0.4, -0.2) is 18.1 Å². The van der Waals surface area contributed by atoms with Crippen LogP contribution in [0.3, 0.4) is 0 Å². The second-order valence-electron chi connectivity index (χ2n) is 3.04. The summed E-state index contributed by atoms with van der Waals surface area (Å²) in [4.78, 5) is 21.6. The summed E-state index contributed by atoms with van der Waals surface area (Å²) in [5.74, 6) is -0.132. The summed E-state index contributed by atoms with van der Waals surface area (Å²) < 4.78 is 0. The molecule has 0 aliphatic rings. The summed E-state index contributed by atoms with van der Waals surface area (Å²) in [7, 11) is 0. The molecule has 80 valence electrons. The first-order valence-corrected chi connectivity index (χ1v) is 5.18. The Morgan fingerprint density at radius 2 is 2.27 bits per heavy atom. The first kappa shape index (κ1) is 11.7. The van der Waals surface area contributed by atoms with Crippen molar-refractivity contribution in [3.63, 3.8) is 0 Å². The Hall–Kier alpha value is -1.35. The van der Waals surface area contributed by atoms with Gasteiger partial charge in [0, 0.05) is 11.3 Å². The van der Waals surface area contributed by atoms with Gasteiger partial charge >= 0.3 is 0 Å². The van der Waals surface area contributed by atoms with E-state index in [-0.39, 0.29) is 11.7 Å². The highest BCUT2D eigenvalue weighted by molar-refractivity contribution is 6.30. The van der Waals surface area contributed by atoms with E-state index in [0.717, 1.165) is 17.7 Å². The molecule has 0 radical (unpaired) electrons. The fourth-order valence-corrected chi connectivity index (χ4v) is 1.50. The number of carbonyl (C=O) groups is 2. The lowest BCUT2D eigenvalue weighted by Crippen LogP contribution is -2.04. The molecule has 1 amide bonds. The molecule has 1 rings (SSSR count). The predicted molar refractivity (Wildman–Crippen MR) is 60.6 cm³/mol. The molecule has 0 spiro atoms. The number of Topliss-reactive ketones (excluding diaryl/α,β-unsaturated/α-hetero) is 1. The quantitative estimate of drug-likeness (QED) is 0.475.